The van der Waals surface area contributed by atoms with Crippen LogP contribution in [0, 0.1) is 5.92 Å². The van der Waals surface area contributed by atoms with E-state index in [1.807, 2.05) is 29.2 Å². The van der Waals surface area contributed by atoms with Crippen molar-refractivity contribution in [2.24, 2.45) is 5.92 Å². The molecule has 1 atom stereocenters. The summed E-state index contributed by atoms with van der Waals surface area (Å²) >= 11 is 0. The lowest BCUT2D eigenvalue weighted by Crippen LogP contribution is -2.44. The average molecular weight is 357 g/mol. The number of carbonyl (C=O) groups excluding carboxylic acids is 1. The van der Waals surface area contributed by atoms with Gasteiger partial charge in [0.25, 0.3) is 0 Å². The summed E-state index contributed by atoms with van der Waals surface area (Å²) in [7, 11) is 1.63. The summed E-state index contributed by atoms with van der Waals surface area (Å²) in [6.45, 7) is 4.84. The van der Waals surface area contributed by atoms with Gasteiger partial charge in [0.1, 0.15) is 5.75 Å². The SMILES string of the molecule is CCC(C)N(CCc1nc(-c2ccc(OC)cc2)no1)C(=O)C1CCC1. The van der Waals surface area contributed by atoms with E-state index < -0.39 is 0 Å². The Kier molecular flexibility index (Phi) is 5.91. The first-order chi connectivity index (χ1) is 12.6. The number of ether oxygens (including phenoxy) is 1. The molecule has 140 valence electrons. The molecule has 0 N–H and O–H groups in total. The Labute approximate surface area is 154 Å². The molecule has 1 amide bonds. The van der Waals surface area contributed by atoms with Crippen LogP contribution in [0.2, 0.25) is 0 Å². The number of rotatable bonds is 8. The van der Waals surface area contributed by atoms with Crippen molar-refractivity contribution in [1.29, 1.82) is 0 Å². The Hall–Kier alpha value is -2.37. The third-order valence-electron chi connectivity index (χ3n) is 5.24. The molecule has 1 heterocycles. The number of nitrogens with zero attached hydrogens (tertiary/aromatic N) is 3. The molecule has 0 spiro atoms. The molecule has 0 aliphatic heterocycles. The molecule has 6 heteroatoms. The van der Waals surface area contributed by atoms with Gasteiger partial charge >= 0.3 is 0 Å². The minimum absolute atomic E-state index is 0.210. The van der Waals surface area contributed by atoms with Gasteiger partial charge in [-0.25, -0.2) is 0 Å². The van der Waals surface area contributed by atoms with Crippen LogP contribution < -0.4 is 4.74 Å². The molecule has 1 unspecified atom stereocenters. The zero-order valence-corrected chi connectivity index (χ0v) is 15.8. The molecule has 1 saturated carbocycles. The Morgan fingerprint density at radius 1 is 1.35 bits per heavy atom. The second-order valence-electron chi connectivity index (χ2n) is 6.91. The summed E-state index contributed by atoms with van der Waals surface area (Å²) in [4.78, 5) is 19.1. The number of benzene rings is 1. The van der Waals surface area contributed by atoms with Crippen LogP contribution >= 0.6 is 0 Å². The number of hydrogen-bond acceptors (Lipinski definition) is 5. The van der Waals surface area contributed by atoms with Gasteiger partial charge in [-0.15, -0.1) is 0 Å². The van der Waals surface area contributed by atoms with Crippen molar-refractivity contribution in [2.75, 3.05) is 13.7 Å². The highest BCUT2D eigenvalue weighted by Gasteiger charge is 2.31. The van der Waals surface area contributed by atoms with Crippen LogP contribution in [0.3, 0.4) is 0 Å². The maximum atomic E-state index is 12.7. The van der Waals surface area contributed by atoms with Crippen LogP contribution in [0.1, 0.15) is 45.4 Å². The lowest BCUT2D eigenvalue weighted by atomic mass is 9.84. The molecule has 1 aliphatic rings. The first-order valence-electron chi connectivity index (χ1n) is 9.39. The molecule has 0 bridgehead atoms. The van der Waals surface area contributed by atoms with E-state index in [1.165, 1.54) is 6.42 Å². The number of carbonyl (C=O) groups is 1. The van der Waals surface area contributed by atoms with Crippen molar-refractivity contribution < 1.29 is 14.1 Å². The number of amides is 1. The van der Waals surface area contributed by atoms with Gasteiger partial charge in [0.2, 0.25) is 17.6 Å². The minimum atomic E-state index is 0.210. The maximum absolute atomic E-state index is 12.7. The highest BCUT2D eigenvalue weighted by atomic mass is 16.5. The summed E-state index contributed by atoms with van der Waals surface area (Å²) < 4.78 is 10.6. The van der Waals surface area contributed by atoms with E-state index in [0.29, 0.717) is 24.7 Å². The largest absolute Gasteiger partial charge is 0.497 e. The summed E-state index contributed by atoms with van der Waals surface area (Å²) in [6.07, 6.45) is 4.73. The molecule has 26 heavy (non-hydrogen) atoms. The van der Waals surface area contributed by atoms with Crippen LogP contribution in [0.15, 0.2) is 28.8 Å². The van der Waals surface area contributed by atoms with Crippen molar-refractivity contribution in [3.8, 4) is 17.1 Å². The number of methoxy groups -OCH3 is 1. The smallest absolute Gasteiger partial charge is 0.228 e. The number of hydrogen-bond donors (Lipinski definition) is 0. The molecular weight excluding hydrogens is 330 g/mol. The van der Waals surface area contributed by atoms with Gasteiger partial charge in [0, 0.05) is 30.5 Å². The molecular formula is C20H27N3O3. The summed E-state index contributed by atoms with van der Waals surface area (Å²) in [5.41, 5.74) is 0.880. The monoisotopic (exact) mass is 357 g/mol. The fraction of sp³-hybridized carbons (Fsp3) is 0.550. The van der Waals surface area contributed by atoms with Crippen LogP contribution in [0.25, 0.3) is 11.4 Å². The van der Waals surface area contributed by atoms with E-state index in [4.69, 9.17) is 9.26 Å². The molecule has 1 aromatic carbocycles. The Morgan fingerprint density at radius 3 is 2.65 bits per heavy atom. The topological polar surface area (TPSA) is 68.5 Å². The molecule has 6 nitrogen and oxygen atoms in total. The standard InChI is InChI=1S/C20H27N3O3/c1-4-14(2)23(20(24)16-6-5-7-16)13-12-18-21-19(22-26-18)15-8-10-17(25-3)11-9-15/h8-11,14,16H,4-7,12-13H2,1-3H3. The summed E-state index contributed by atoms with van der Waals surface area (Å²) in [6, 6.07) is 7.77. The molecule has 0 radical (unpaired) electrons. The lowest BCUT2D eigenvalue weighted by molar-refractivity contribution is -0.140. The molecule has 3 rings (SSSR count). The Bertz CT molecular complexity index is 722. The Balaban J connectivity index is 1.64. The average Bonchev–Trinajstić information content (AvgIpc) is 3.09. The molecule has 1 aliphatic carbocycles. The van der Waals surface area contributed by atoms with Gasteiger partial charge in [-0.05, 0) is 50.5 Å². The molecule has 2 aromatic rings. The van der Waals surface area contributed by atoms with Crippen molar-refractivity contribution >= 4 is 5.91 Å². The van der Waals surface area contributed by atoms with Gasteiger partial charge in [0.05, 0.1) is 7.11 Å². The van der Waals surface area contributed by atoms with Crippen molar-refractivity contribution in [3.63, 3.8) is 0 Å². The van der Waals surface area contributed by atoms with Crippen LogP contribution in [0.4, 0.5) is 0 Å². The predicted octanol–water partition coefficient (Wildman–Crippen LogP) is 3.71. The fourth-order valence-electron chi connectivity index (χ4n) is 3.09. The van der Waals surface area contributed by atoms with Crippen molar-refractivity contribution in [1.82, 2.24) is 15.0 Å². The molecule has 1 aromatic heterocycles. The second-order valence-corrected chi connectivity index (χ2v) is 6.91. The van der Waals surface area contributed by atoms with Crippen LogP contribution in [0.5, 0.6) is 5.75 Å². The van der Waals surface area contributed by atoms with Crippen LogP contribution in [-0.4, -0.2) is 40.6 Å². The van der Waals surface area contributed by atoms with Gasteiger partial charge in [-0.2, -0.15) is 4.98 Å². The first kappa shape index (κ1) is 18.4. The van der Waals surface area contributed by atoms with E-state index in [9.17, 15) is 4.79 Å². The minimum Gasteiger partial charge on any atom is -0.497 e. The van der Waals surface area contributed by atoms with Gasteiger partial charge in [-0.1, -0.05) is 18.5 Å². The third-order valence-corrected chi connectivity index (χ3v) is 5.24. The normalized spacial score (nSPS) is 15.3. The zero-order chi connectivity index (χ0) is 18.5. The molecule has 1 fully saturated rings. The lowest BCUT2D eigenvalue weighted by Gasteiger charge is -2.35. The van der Waals surface area contributed by atoms with E-state index in [1.54, 1.807) is 7.11 Å². The molecule has 0 saturated heterocycles. The quantitative estimate of drug-likeness (QED) is 0.720. The van der Waals surface area contributed by atoms with Gasteiger partial charge in [-0.3, -0.25) is 4.79 Å². The van der Waals surface area contributed by atoms with E-state index in [2.05, 4.69) is 24.0 Å². The van der Waals surface area contributed by atoms with Gasteiger partial charge in [0.15, 0.2) is 0 Å². The van der Waals surface area contributed by atoms with E-state index in [-0.39, 0.29) is 17.9 Å². The fourth-order valence-corrected chi connectivity index (χ4v) is 3.09. The third kappa shape index (κ3) is 4.06. The highest BCUT2D eigenvalue weighted by Crippen LogP contribution is 2.29. The van der Waals surface area contributed by atoms with E-state index >= 15 is 0 Å². The summed E-state index contributed by atoms with van der Waals surface area (Å²) in [5, 5.41) is 4.06. The first-order valence-corrected chi connectivity index (χ1v) is 9.39. The second kappa shape index (κ2) is 8.34. The van der Waals surface area contributed by atoms with Crippen LogP contribution in [-0.2, 0) is 11.2 Å². The van der Waals surface area contributed by atoms with Crippen molar-refractivity contribution in [2.45, 2.75) is 52.0 Å². The number of aromatic nitrogens is 2. The summed E-state index contributed by atoms with van der Waals surface area (Å²) in [5.74, 6) is 2.40. The maximum Gasteiger partial charge on any atom is 0.228 e. The van der Waals surface area contributed by atoms with E-state index in [0.717, 1.165) is 30.6 Å². The highest BCUT2D eigenvalue weighted by molar-refractivity contribution is 5.79. The van der Waals surface area contributed by atoms with Crippen molar-refractivity contribution in [3.05, 3.63) is 30.2 Å². The van der Waals surface area contributed by atoms with Gasteiger partial charge < -0.3 is 14.2 Å². The zero-order valence-electron chi connectivity index (χ0n) is 15.8. The predicted molar refractivity (Wildman–Crippen MR) is 98.8 cm³/mol. The Morgan fingerprint density at radius 2 is 2.08 bits per heavy atom.